The molecule has 2 nitrogen and oxygen atoms in total. The van der Waals surface area contributed by atoms with Gasteiger partial charge in [0.1, 0.15) is 5.75 Å². The lowest BCUT2D eigenvalue weighted by Crippen LogP contribution is -2.13. The summed E-state index contributed by atoms with van der Waals surface area (Å²) in [5.74, 6) is 0.913. The first kappa shape index (κ1) is 10.5. The van der Waals surface area contributed by atoms with Crippen LogP contribution < -0.4 is 10.1 Å². The van der Waals surface area contributed by atoms with Crippen molar-refractivity contribution in [3.63, 3.8) is 0 Å². The molecule has 3 heteroatoms. The monoisotopic (exact) mass is 243 g/mol. The van der Waals surface area contributed by atoms with E-state index in [2.05, 4.69) is 28.2 Å². The van der Waals surface area contributed by atoms with E-state index in [1.54, 1.807) is 7.11 Å². The topological polar surface area (TPSA) is 21.3 Å². The molecule has 0 saturated heterocycles. The third-order valence-corrected chi connectivity index (χ3v) is 2.79. The number of rotatable bonds is 3. The third-order valence-electron chi connectivity index (χ3n) is 2.10. The van der Waals surface area contributed by atoms with E-state index in [-0.39, 0.29) is 6.04 Å². The summed E-state index contributed by atoms with van der Waals surface area (Å²) in [5, 5.41) is 3.19. The van der Waals surface area contributed by atoms with Crippen LogP contribution in [0.2, 0.25) is 0 Å². The summed E-state index contributed by atoms with van der Waals surface area (Å²) in [6.07, 6.45) is 0. The zero-order chi connectivity index (χ0) is 9.84. The molecule has 0 aromatic heterocycles. The van der Waals surface area contributed by atoms with Crippen LogP contribution in [-0.4, -0.2) is 14.2 Å². The number of hydrogen-bond donors (Lipinski definition) is 1. The van der Waals surface area contributed by atoms with Crippen LogP contribution >= 0.6 is 15.9 Å². The Balaban J connectivity index is 3.14. The van der Waals surface area contributed by atoms with Crippen molar-refractivity contribution in [3.8, 4) is 5.75 Å². The largest absolute Gasteiger partial charge is 0.496 e. The van der Waals surface area contributed by atoms with Crippen LogP contribution in [0.1, 0.15) is 18.5 Å². The van der Waals surface area contributed by atoms with E-state index in [0.29, 0.717) is 0 Å². The first-order chi connectivity index (χ1) is 6.20. The van der Waals surface area contributed by atoms with Crippen molar-refractivity contribution in [3.05, 3.63) is 28.2 Å². The van der Waals surface area contributed by atoms with Gasteiger partial charge in [-0.1, -0.05) is 22.0 Å². The lowest BCUT2D eigenvalue weighted by Gasteiger charge is -2.16. The van der Waals surface area contributed by atoms with Gasteiger partial charge in [0.2, 0.25) is 0 Å². The highest BCUT2D eigenvalue weighted by atomic mass is 79.9. The average Bonchev–Trinajstić information content (AvgIpc) is 2.16. The van der Waals surface area contributed by atoms with E-state index in [4.69, 9.17) is 4.74 Å². The molecular formula is C10H14BrNO. The van der Waals surface area contributed by atoms with Gasteiger partial charge in [0, 0.05) is 16.1 Å². The summed E-state index contributed by atoms with van der Waals surface area (Å²) in [7, 11) is 3.62. The van der Waals surface area contributed by atoms with Crippen molar-refractivity contribution in [2.24, 2.45) is 0 Å². The minimum atomic E-state index is 0.283. The van der Waals surface area contributed by atoms with Crippen LogP contribution in [0.5, 0.6) is 5.75 Å². The number of methoxy groups -OCH3 is 1. The molecule has 0 bridgehead atoms. The molecule has 1 aromatic carbocycles. The quantitative estimate of drug-likeness (QED) is 0.882. The first-order valence-electron chi connectivity index (χ1n) is 4.20. The summed E-state index contributed by atoms with van der Waals surface area (Å²) in [6.45, 7) is 2.10. The van der Waals surface area contributed by atoms with Gasteiger partial charge in [-0.15, -0.1) is 0 Å². The molecule has 0 radical (unpaired) electrons. The molecule has 1 rings (SSSR count). The highest BCUT2D eigenvalue weighted by Gasteiger charge is 2.12. The van der Waals surface area contributed by atoms with Gasteiger partial charge in [-0.05, 0) is 26.1 Å². The highest BCUT2D eigenvalue weighted by Crippen LogP contribution is 2.31. The van der Waals surface area contributed by atoms with E-state index < -0.39 is 0 Å². The molecule has 0 amide bonds. The van der Waals surface area contributed by atoms with Gasteiger partial charge < -0.3 is 10.1 Å². The summed E-state index contributed by atoms with van der Waals surface area (Å²) < 4.78 is 6.36. The van der Waals surface area contributed by atoms with E-state index in [1.165, 1.54) is 0 Å². The average molecular weight is 244 g/mol. The number of halogens is 1. The Kier molecular flexibility index (Phi) is 3.75. The van der Waals surface area contributed by atoms with E-state index in [9.17, 15) is 0 Å². The summed E-state index contributed by atoms with van der Waals surface area (Å²) >= 11 is 3.51. The molecule has 0 saturated carbocycles. The maximum atomic E-state index is 5.28. The van der Waals surface area contributed by atoms with Crippen molar-refractivity contribution in [2.75, 3.05) is 14.2 Å². The molecule has 1 aromatic rings. The van der Waals surface area contributed by atoms with Gasteiger partial charge in [0.25, 0.3) is 0 Å². The van der Waals surface area contributed by atoms with Gasteiger partial charge in [-0.2, -0.15) is 0 Å². The normalized spacial score (nSPS) is 12.6. The first-order valence-corrected chi connectivity index (χ1v) is 4.99. The van der Waals surface area contributed by atoms with Gasteiger partial charge in [0.05, 0.1) is 7.11 Å². The fourth-order valence-corrected chi connectivity index (χ4v) is 1.95. The summed E-state index contributed by atoms with van der Waals surface area (Å²) in [6, 6.07) is 6.24. The minimum absolute atomic E-state index is 0.283. The second-order valence-electron chi connectivity index (χ2n) is 2.87. The van der Waals surface area contributed by atoms with E-state index >= 15 is 0 Å². The molecule has 0 aliphatic carbocycles. The summed E-state index contributed by atoms with van der Waals surface area (Å²) in [4.78, 5) is 0. The number of nitrogens with one attached hydrogen (secondary N) is 1. The van der Waals surface area contributed by atoms with Crippen molar-refractivity contribution in [1.82, 2.24) is 5.32 Å². The number of benzene rings is 1. The molecule has 1 N–H and O–H groups in total. The lowest BCUT2D eigenvalue weighted by molar-refractivity contribution is 0.403. The molecule has 72 valence electrons. The minimum Gasteiger partial charge on any atom is -0.496 e. The van der Waals surface area contributed by atoms with Crippen LogP contribution in [0.3, 0.4) is 0 Å². The van der Waals surface area contributed by atoms with Gasteiger partial charge in [0.15, 0.2) is 0 Å². The number of hydrogen-bond acceptors (Lipinski definition) is 2. The molecule has 0 heterocycles. The molecule has 0 spiro atoms. The van der Waals surface area contributed by atoms with Crippen LogP contribution in [0.15, 0.2) is 22.7 Å². The standard InChI is InChI=1S/C10H14BrNO/c1-7(12-2)10-8(11)5-4-6-9(10)13-3/h4-7,12H,1-3H3. The smallest absolute Gasteiger partial charge is 0.124 e. The van der Waals surface area contributed by atoms with Crippen molar-refractivity contribution < 1.29 is 4.74 Å². The van der Waals surface area contributed by atoms with Crippen molar-refractivity contribution in [2.45, 2.75) is 13.0 Å². The molecule has 0 fully saturated rings. The van der Waals surface area contributed by atoms with Crippen molar-refractivity contribution in [1.29, 1.82) is 0 Å². The lowest BCUT2D eigenvalue weighted by atomic mass is 10.1. The van der Waals surface area contributed by atoms with Crippen LogP contribution in [-0.2, 0) is 0 Å². The molecule has 0 aliphatic heterocycles. The maximum absolute atomic E-state index is 5.28. The van der Waals surface area contributed by atoms with Crippen LogP contribution in [0, 0.1) is 0 Å². The van der Waals surface area contributed by atoms with Crippen molar-refractivity contribution >= 4 is 15.9 Å². The second-order valence-corrected chi connectivity index (χ2v) is 3.72. The molecule has 0 aliphatic rings. The third kappa shape index (κ3) is 2.23. The molecule has 13 heavy (non-hydrogen) atoms. The van der Waals surface area contributed by atoms with E-state index in [0.717, 1.165) is 15.8 Å². The zero-order valence-electron chi connectivity index (χ0n) is 8.10. The Bertz CT molecular complexity index is 288. The fourth-order valence-electron chi connectivity index (χ4n) is 1.26. The van der Waals surface area contributed by atoms with Gasteiger partial charge >= 0.3 is 0 Å². The Labute approximate surface area is 87.4 Å². The Hall–Kier alpha value is -0.540. The number of ether oxygens (including phenoxy) is 1. The van der Waals surface area contributed by atoms with E-state index in [1.807, 2.05) is 25.2 Å². The second kappa shape index (κ2) is 4.63. The predicted octanol–water partition coefficient (Wildman–Crippen LogP) is 2.74. The SMILES string of the molecule is CNC(C)c1c(Br)cccc1OC. The van der Waals surface area contributed by atoms with Gasteiger partial charge in [-0.25, -0.2) is 0 Å². The maximum Gasteiger partial charge on any atom is 0.124 e. The van der Waals surface area contributed by atoms with Crippen LogP contribution in [0.25, 0.3) is 0 Å². The Morgan fingerprint density at radius 2 is 2.15 bits per heavy atom. The fraction of sp³-hybridized carbons (Fsp3) is 0.400. The van der Waals surface area contributed by atoms with Gasteiger partial charge in [-0.3, -0.25) is 0 Å². The molecular weight excluding hydrogens is 230 g/mol. The predicted molar refractivity (Wildman–Crippen MR) is 58.2 cm³/mol. The molecule has 1 atom stereocenters. The Morgan fingerprint density at radius 3 is 2.69 bits per heavy atom. The highest BCUT2D eigenvalue weighted by molar-refractivity contribution is 9.10. The van der Waals surface area contributed by atoms with Crippen LogP contribution in [0.4, 0.5) is 0 Å². The Morgan fingerprint density at radius 1 is 1.46 bits per heavy atom. The summed E-state index contributed by atoms with van der Waals surface area (Å²) in [5.41, 5.74) is 1.16. The molecule has 1 unspecified atom stereocenters. The zero-order valence-corrected chi connectivity index (χ0v) is 9.68.